The van der Waals surface area contributed by atoms with Gasteiger partial charge in [-0.25, -0.2) is 4.98 Å². The standard InChI is InChI=1S/C17H22N4O/c1-3-8-19-16-13-15(6-11-20-16)17(22)21(2)12-7-14-4-9-18-10-5-14/h4-6,9-11,13H,3,7-8,12H2,1-2H3,(H,19,20). The molecule has 0 aliphatic rings. The van der Waals surface area contributed by atoms with Crippen molar-refractivity contribution in [3.05, 3.63) is 54.0 Å². The minimum absolute atomic E-state index is 0.0102. The minimum atomic E-state index is 0.0102. The van der Waals surface area contributed by atoms with Crippen LogP contribution in [0.5, 0.6) is 0 Å². The number of carbonyl (C=O) groups is 1. The van der Waals surface area contributed by atoms with Crippen LogP contribution in [-0.4, -0.2) is 40.9 Å². The number of pyridine rings is 2. The summed E-state index contributed by atoms with van der Waals surface area (Å²) in [5.41, 5.74) is 1.83. The summed E-state index contributed by atoms with van der Waals surface area (Å²) in [5, 5.41) is 3.20. The summed E-state index contributed by atoms with van der Waals surface area (Å²) in [7, 11) is 1.82. The average molecular weight is 298 g/mol. The fourth-order valence-electron chi connectivity index (χ4n) is 2.08. The van der Waals surface area contributed by atoms with E-state index in [1.807, 2.05) is 19.2 Å². The lowest BCUT2D eigenvalue weighted by atomic mass is 10.2. The van der Waals surface area contributed by atoms with E-state index in [-0.39, 0.29) is 5.91 Å². The molecule has 0 fully saturated rings. The first-order valence-corrected chi connectivity index (χ1v) is 7.55. The number of anilines is 1. The van der Waals surface area contributed by atoms with Crippen molar-refractivity contribution < 1.29 is 4.79 Å². The van der Waals surface area contributed by atoms with Crippen molar-refractivity contribution >= 4 is 11.7 Å². The van der Waals surface area contributed by atoms with Crippen LogP contribution in [0.2, 0.25) is 0 Å². The monoisotopic (exact) mass is 298 g/mol. The molecular formula is C17H22N4O. The molecule has 0 atom stereocenters. The Morgan fingerprint density at radius 3 is 2.73 bits per heavy atom. The summed E-state index contributed by atoms with van der Waals surface area (Å²) in [5.74, 6) is 0.756. The molecule has 2 rings (SSSR count). The fraction of sp³-hybridized carbons (Fsp3) is 0.353. The number of amides is 1. The maximum absolute atomic E-state index is 12.4. The van der Waals surface area contributed by atoms with Crippen LogP contribution in [0.25, 0.3) is 0 Å². The van der Waals surface area contributed by atoms with E-state index in [4.69, 9.17) is 0 Å². The SMILES string of the molecule is CCCNc1cc(C(=O)N(C)CCc2ccncc2)ccn1. The predicted octanol–water partition coefficient (Wildman–Crippen LogP) is 2.61. The zero-order valence-corrected chi connectivity index (χ0v) is 13.1. The highest BCUT2D eigenvalue weighted by atomic mass is 16.2. The van der Waals surface area contributed by atoms with Crippen LogP contribution in [0.15, 0.2) is 42.9 Å². The Morgan fingerprint density at radius 2 is 2.00 bits per heavy atom. The van der Waals surface area contributed by atoms with E-state index in [9.17, 15) is 4.79 Å². The molecule has 0 aromatic carbocycles. The quantitative estimate of drug-likeness (QED) is 0.853. The van der Waals surface area contributed by atoms with Crippen molar-refractivity contribution in [1.82, 2.24) is 14.9 Å². The topological polar surface area (TPSA) is 58.1 Å². The molecule has 1 amide bonds. The maximum Gasteiger partial charge on any atom is 0.253 e. The highest BCUT2D eigenvalue weighted by Gasteiger charge is 2.12. The summed E-state index contributed by atoms with van der Waals surface area (Å²) in [6.45, 7) is 3.61. The summed E-state index contributed by atoms with van der Waals surface area (Å²) in [6.07, 6.45) is 7.04. The first-order chi connectivity index (χ1) is 10.7. The van der Waals surface area contributed by atoms with Gasteiger partial charge in [-0.2, -0.15) is 0 Å². The molecule has 2 aromatic heterocycles. The molecule has 22 heavy (non-hydrogen) atoms. The molecule has 0 aliphatic heterocycles. The molecule has 2 aromatic rings. The van der Waals surface area contributed by atoms with Crippen LogP contribution in [-0.2, 0) is 6.42 Å². The fourth-order valence-corrected chi connectivity index (χ4v) is 2.08. The van der Waals surface area contributed by atoms with Gasteiger partial charge in [0.05, 0.1) is 0 Å². The minimum Gasteiger partial charge on any atom is -0.370 e. The zero-order chi connectivity index (χ0) is 15.8. The Bertz CT molecular complexity index is 601. The number of rotatable bonds is 7. The van der Waals surface area contributed by atoms with Crippen LogP contribution >= 0.6 is 0 Å². The van der Waals surface area contributed by atoms with Crippen molar-refractivity contribution in [2.75, 3.05) is 25.5 Å². The van der Waals surface area contributed by atoms with Gasteiger partial charge in [0.15, 0.2) is 0 Å². The Hall–Kier alpha value is -2.43. The molecule has 0 saturated carbocycles. The predicted molar refractivity (Wildman–Crippen MR) is 87.9 cm³/mol. The molecule has 2 heterocycles. The van der Waals surface area contributed by atoms with Crippen LogP contribution in [0.1, 0.15) is 29.3 Å². The summed E-state index contributed by atoms with van der Waals surface area (Å²) in [6, 6.07) is 7.50. The van der Waals surface area contributed by atoms with Gasteiger partial charge >= 0.3 is 0 Å². The molecular weight excluding hydrogens is 276 g/mol. The Morgan fingerprint density at radius 1 is 1.23 bits per heavy atom. The number of aromatic nitrogens is 2. The number of nitrogens with one attached hydrogen (secondary N) is 1. The van der Waals surface area contributed by atoms with E-state index in [0.717, 1.165) is 25.2 Å². The second-order valence-corrected chi connectivity index (χ2v) is 5.19. The third-order valence-electron chi connectivity index (χ3n) is 3.39. The van der Waals surface area contributed by atoms with Gasteiger partial charge in [0.2, 0.25) is 0 Å². The van der Waals surface area contributed by atoms with Crippen molar-refractivity contribution in [1.29, 1.82) is 0 Å². The number of hydrogen-bond acceptors (Lipinski definition) is 4. The van der Waals surface area contributed by atoms with Crippen molar-refractivity contribution in [3.63, 3.8) is 0 Å². The zero-order valence-electron chi connectivity index (χ0n) is 13.1. The van der Waals surface area contributed by atoms with Gasteiger partial charge in [-0.15, -0.1) is 0 Å². The molecule has 0 bridgehead atoms. The molecule has 0 unspecified atom stereocenters. The van der Waals surface area contributed by atoms with Gasteiger partial charge in [-0.1, -0.05) is 6.92 Å². The summed E-state index contributed by atoms with van der Waals surface area (Å²) in [4.78, 5) is 22.4. The van der Waals surface area contributed by atoms with E-state index >= 15 is 0 Å². The molecule has 5 heteroatoms. The second kappa shape index (κ2) is 8.12. The van der Waals surface area contributed by atoms with Gasteiger partial charge in [0, 0.05) is 44.3 Å². The van der Waals surface area contributed by atoms with Crippen molar-refractivity contribution in [3.8, 4) is 0 Å². The maximum atomic E-state index is 12.4. The third kappa shape index (κ3) is 4.55. The van der Waals surface area contributed by atoms with Crippen LogP contribution in [0, 0.1) is 0 Å². The molecule has 0 aliphatic carbocycles. The normalized spacial score (nSPS) is 10.3. The Kier molecular flexibility index (Phi) is 5.89. The number of nitrogens with zero attached hydrogens (tertiary/aromatic N) is 3. The average Bonchev–Trinajstić information content (AvgIpc) is 2.58. The third-order valence-corrected chi connectivity index (χ3v) is 3.39. The lowest BCUT2D eigenvalue weighted by molar-refractivity contribution is 0.0796. The van der Waals surface area contributed by atoms with Crippen LogP contribution in [0.4, 0.5) is 5.82 Å². The highest BCUT2D eigenvalue weighted by Crippen LogP contribution is 2.10. The lowest BCUT2D eigenvalue weighted by Gasteiger charge is -2.17. The van der Waals surface area contributed by atoms with Crippen molar-refractivity contribution in [2.24, 2.45) is 0 Å². The molecule has 0 saturated heterocycles. The molecule has 1 N–H and O–H groups in total. The van der Waals surface area contributed by atoms with E-state index < -0.39 is 0 Å². The Labute approximate surface area is 131 Å². The molecule has 0 radical (unpaired) electrons. The van der Waals surface area contributed by atoms with Gasteiger partial charge in [-0.05, 0) is 42.7 Å². The summed E-state index contributed by atoms with van der Waals surface area (Å²) < 4.78 is 0. The first-order valence-electron chi connectivity index (χ1n) is 7.55. The lowest BCUT2D eigenvalue weighted by Crippen LogP contribution is -2.29. The van der Waals surface area contributed by atoms with Crippen molar-refractivity contribution in [2.45, 2.75) is 19.8 Å². The Balaban J connectivity index is 1.95. The number of carbonyl (C=O) groups excluding carboxylic acids is 1. The molecule has 0 spiro atoms. The number of likely N-dealkylation sites (N-methyl/N-ethyl adjacent to an activating group) is 1. The molecule has 5 nitrogen and oxygen atoms in total. The van der Waals surface area contributed by atoms with Crippen LogP contribution < -0.4 is 5.32 Å². The number of hydrogen-bond donors (Lipinski definition) is 1. The van der Waals surface area contributed by atoms with Crippen LogP contribution in [0.3, 0.4) is 0 Å². The van der Waals surface area contributed by atoms with Gasteiger partial charge < -0.3 is 10.2 Å². The van der Waals surface area contributed by atoms with Gasteiger partial charge in [0.1, 0.15) is 5.82 Å². The van der Waals surface area contributed by atoms with Gasteiger partial charge in [-0.3, -0.25) is 9.78 Å². The molecule has 116 valence electrons. The largest absolute Gasteiger partial charge is 0.370 e. The first kappa shape index (κ1) is 15.9. The van der Waals surface area contributed by atoms with E-state index in [0.29, 0.717) is 12.1 Å². The van der Waals surface area contributed by atoms with E-state index in [2.05, 4.69) is 22.2 Å². The van der Waals surface area contributed by atoms with E-state index in [1.54, 1.807) is 35.6 Å². The second-order valence-electron chi connectivity index (χ2n) is 5.19. The smallest absolute Gasteiger partial charge is 0.253 e. The van der Waals surface area contributed by atoms with E-state index in [1.165, 1.54) is 5.56 Å². The summed E-state index contributed by atoms with van der Waals surface area (Å²) >= 11 is 0. The van der Waals surface area contributed by atoms with Gasteiger partial charge in [0.25, 0.3) is 5.91 Å². The highest BCUT2D eigenvalue weighted by molar-refractivity contribution is 5.94.